The van der Waals surface area contributed by atoms with Crippen molar-refractivity contribution in [3.05, 3.63) is 89.6 Å². The summed E-state index contributed by atoms with van der Waals surface area (Å²) in [4.78, 5) is 31.3. The van der Waals surface area contributed by atoms with E-state index in [1.807, 2.05) is 18.2 Å². The Labute approximate surface area is 177 Å². The van der Waals surface area contributed by atoms with Gasteiger partial charge in [-0.25, -0.2) is 4.79 Å². The molecule has 1 aromatic carbocycles. The number of benzene rings is 1. The predicted molar refractivity (Wildman–Crippen MR) is 112 cm³/mol. The third-order valence-corrected chi connectivity index (χ3v) is 5.18. The van der Waals surface area contributed by atoms with Gasteiger partial charge in [0.05, 0.1) is 24.5 Å². The molecular weight excluding hydrogens is 396 g/mol. The molecule has 154 valence electrons. The Bertz CT molecular complexity index is 1230. The third-order valence-electron chi connectivity index (χ3n) is 5.18. The molecule has 8 nitrogen and oxygen atoms in total. The normalized spacial score (nSPS) is 15.2. The van der Waals surface area contributed by atoms with Gasteiger partial charge < -0.3 is 9.15 Å². The first-order valence-electron chi connectivity index (χ1n) is 9.82. The Hall–Kier alpha value is -4.20. The highest BCUT2D eigenvalue weighted by atomic mass is 16.5. The molecule has 0 aliphatic carbocycles. The van der Waals surface area contributed by atoms with Gasteiger partial charge >= 0.3 is 5.97 Å². The zero-order valence-corrected chi connectivity index (χ0v) is 16.6. The number of H-pyrrole nitrogens is 1. The fraction of sp³-hybridized carbons (Fsp3) is 0.130. The average molecular weight is 414 g/mol. The molecule has 0 bridgehead atoms. The third kappa shape index (κ3) is 3.09. The van der Waals surface area contributed by atoms with Crippen LogP contribution in [0.15, 0.2) is 71.6 Å². The standard InChI is InChI=1S/C23H18N4O4/c1-2-30-23(29)14-7-9-16(10-8-14)27-21(15-5-3-11-24-13-15)18-19(17-6-4-12-31-17)25-26-20(18)22(27)28/h3-13,21H,2H2,1H3,(H,25,26)/t21-/m0/s1. The molecule has 1 aliphatic heterocycles. The minimum absolute atomic E-state index is 0.248. The molecule has 0 fully saturated rings. The SMILES string of the molecule is CCOC(=O)c1ccc(N2C(=O)c3n[nH]c(-c4ccco4)c3[C@@H]2c2cccnc2)cc1. The first-order valence-corrected chi connectivity index (χ1v) is 9.82. The van der Waals surface area contributed by atoms with E-state index in [9.17, 15) is 9.59 Å². The Morgan fingerprint density at radius 3 is 2.71 bits per heavy atom. The van der Waals surface area contributed by atoms with Crippen molar-refractivity contribution >= 4 is 17.6 Å². The minimum atomic E-state index is -0.455. The number of esters is 1. The molecule has 1 atom stereocenters. The maximum atomic E-state index is 13.4. The summed E-state index contributed by atoms with van der Waals surface area (Å²) in [7, 11) is 0. The number of furan rings is 1. The molecule has 0 saturated heterocycles. The van der Waals surface area contributed by atoms with E-state index in [4.69, 9.17) is 9.15 Å². The van der Waals surface area contributed by atoms with Gasteiger partial charge in [-0.05, 0) is 55.0 Å². The van der Waals surface area contributed by atoms with Crippen molar-refractivity contribution in [2.45, 2.75) is 13.0 Å². The number of nitrogens with zero attached hydrogens (tertiary/aromatic N) is 3. The number of aromatic nitrogens is 3. The summed E-state index contributed by atoms with van der Waals surface area (Å²) in [6, 6.07) is 13.6. The molecule has 0 spiro atoms. The molecule has 5 rings (SSSR count). The lowest BCUT2D eigenvalue weighted by Gasteiger charge is -2.26. The molecule has 0 radical (unpaired) electrons. The van der Waals surface area contributed by atoms with Crippen LogP contribution in [0, 0.1) is 0 Å². The van der Waals surface area contributed by atoms with E-state index in [0.29, 0.717) is 35.0 Å². The van der Waals surface area contributed by atoms with Crippen molar-refractivity contribution in [3.63, 3.8) is 0 Å². The van der Waals surface area contributed by atoms with Gasteiger partial charge in [0.2, 0.25) is 0 Å². The van der Waals surface area contributed by atoms with Crippen LogP contribution in [0.5, 0.6) is 0 Å². The molecule has 1 amide bonds. The van der Waals surface area contributed by atoms with E-state index in [2.05, 4.69) is 15.2 Å². The highest BCUT2D eigenvalue weighted by Crippen LogP contribution is 2.44. The topological polar surface area (TPSA) is 101 Å². The average Bonchev–Trinajstić information content (AvgIpc) is 3.52. The van der Waals surface area contributed by atoms with E-state index < -0.39 is 12.0 Å². The zero-order chi connectivity index (χ0) is 21.4. The lowest BCUT2D eigenvalue weighted by molar-refractivity contribution is 0.0526. The highest BCUT2D eigenvalue weighted by molar-refractivity contribution is 6.11. The summed E-state index contributed by atoms with van der Waals surface area (Å²) in [5, 5.41) is 7.23. The predicted octanol–water partition coefficient (Wildman–Crippen LogP) is 3.99. The van der Waals surface area contributed by atoms with Gasteiger partial charge in [-0.2, -0.15) is 5.10 Å². The molecule has 3 aromatic heterocycles. The van der Waals surface area contributed by atoms with Crippen LogP contribution in [0.3, 0.4) is 0 Å². The van der Waals surface area contributed by atoms with Crippen molar-refractivity contribution in [1.29, 1.82) is 0 Å². The smallest absolute Gasteiger partial charge is 0.338 e. The van der Waals surface area contributed by atoms with E-state index in [1.54, 1.807) is 60.8 Å². The fourth-order valence-electron chi connectivity index (χ4n) is 3.84. The van der Waals surface area contributed by atoms with Crippen molar-refractivity contribution < 1.29 is 18.7 Å². The fourth-order valence-corrected chi connectivity index (χ4v) is 3.84. The second-order valence-corrected chi connectivity index (χ2v) is 6.97. The summed E-state index contributed by atoms with van der Waals surface area (Å²) in [5.41, 5.74) is 3.59. The number of fused-ring (bicyclic) bond motifs is 1. The van der Waals surface area contributed by atoms with Crippen molar-refractivity contribution in [3.8, 4) is 11.5 Å². The number of hydrogen-bond donors (Lipinski definition) is 1. The molecule has 4 heterocycles. The summed E-state index contributed by atoms with van der Waals surface area (Å²) in [6.07, 6.45) is 4.98. The Kier molecular flexibility index (Phi) is 4.59. The molecule has 4 aromatic rings. The van der Waals surface area contributed by atoms with Crippen LogP contribution < -0.4 is 4.90 Å². The summed E-state index contributed by atoms with van der Waals surface area (Å²) >= 11 is 0. The van der Waals surface area contributed by atoms with Crippen LogP contribution in [0.1, 0.15) is 44.9 Å². The first-order chi connectivity index (χ1) is 15.2. The summed E-state index contributed by atoms with van der Waals surface area (Å²) in [5.74, 6) is -0.0596. The number of carbonyl (C=O) groups is 2. The largest absolute Gasteiger partial charge is 0.463 e. The lowest BCUT2D eigenvalue weighted by Crippen LogP contribution is -2.29. The van der Waals surface area contributed by atoms with Crippen LogP contribution >= 0.6 is 0 Å². The summed E-state index contributed by atoms with van der Waals surface area (Å²) in [6.45, 7) is 2.05. The molecule has 31 heavy (non-hydrogen) atoms. The van der Waals surface area contributed by atoms with Crippen LogP contribution in [-0.2, 0) is 4.74 Å². The number of carbonyl (C=O) groups excluding carboxylic acids is 2. The lowest BCUT2D eigenvalue weighted by atomic mass is 9.99. The van der Waals surface area contributed by atoms with E-state index >= 15 is 0 Å². The van der Waals surface area contributed by atoms with Gasteiger partial charge in [-0.3, -0.25) is 19.8 Å². The summed E-state index contributed by atoms with van der Waals surface area (Å²) < 4.78 is 10.6. The van der Waals surface area contributed by atoms with Gasteiger partial charge in [0.15, 0.2) is 11.5 Å². The Morgan fingerprint density at radius 2 is 2.03 bits per heavy atom. The second kappa shape index (κ2) is 7.56. The van der Waals surface area contributed by atoms with E-state index in [-0.39, 0.29) is 5.91 Å². The van der Waals surface area contributed by atoms with Gasteiger partial charge in [0.1, 0.15) is 5.69 Å². The number of rotatable bonds is 5. The van der Waals surface area contributed by atoms with Gasteiger partial charge in [0, 0.05) is 23.6 Å². The number of aromatic amines is 1. The Morgan fingerprint density at radius 1 is 1.19 bits per heavy atom. The van der Waals surface area contributed by atoms with Crippen molar-refractivity contribution in [2.75, 3.05) is 11.5 Å². The molecule has 1 N–H and O–H groups in total. The molecule has 0 unspecified atom stereocenters. The van der Waals surface area contributed by atoms with Crippen molar-refractivity contribution in [2.24, 2.45) is 0 Å². The van der Waals surface area contributed by atoms with Gasteiger partial charge in [-0.1, -0.05) is 6.07 Å². The molecular formula is C23H18N4O4. The van der Waals surface area contributed by atoms with Crippen LogP contribution in [0.2, 0.25) is 0 Å². The quantitative estimate of drug-likeness (QED) is 0.496. The number of pyridine rings is 1. The van der Waals surface area contributed by atoms with Crippen molar-refractivity contribution in [1.82, 2.24) is 15.2 Å². The van der Waals surface area contributed by atoms with Crippen LogP contribution in [0.4, 0.5) is 5.69 Å². The molecule has 8 heteroatoms. The van der Waals surface area contributed by atoms with Crippen LogP contribution in [-0.4, -0.2) is 33.7 Å². The van der Waals surface area contributed by atoms with E-state index in [0.717, 1.165) is 11.1 Å². The number of amides is 1. The van der Waals surface area contributed by atoms with Crippen LogP contribution in [0.25, 0.3) is 11.5 Å². The van der Waals surface area contributed by atoms with Gasteiger partial charge in [0.25, 0.3) is 5.91 Å². The highest BCUT2D eigenvalue weighted by Gasteiger charge is 2.44. The zero-order valence-electron chi connectivity index (χ0n) is 16.6. The maximum Gasteiger partial charge on any atom is 0.338 e. The number of anilines is 1. The number of nitrogens with one attached hydrogen (secondary N) is 1. The number of ether oxygens (including phenoxy) is 1. The molecule has 1 aliphatic rings. The Balaban J connectivity index is 1.62. The number of hydrogen-bond acceptors (Lipinski definition) is 6. The maximum absolute atomic E-state index is 13.4. The minimum Gasteiger partial charge on any atom is -0.463 e. The first kappa shape index (κ1) is 18.8. The van der Waals surface area contributed by atoms with E-state index in [1.165, 1.54) is 0 Å². The second-order valence-electron chi connectivity index (χ2n) is 6.97. The molecule has 0 saturated carbocycles. The monoisotopic (exact) mass is 414 g/mol. The van der Waals surface area contributed by atoms with Gasteiger partial charge in [-0.15, -0.1) is 0 Å².